The maximum absolute atomic E-state index is 11.5. The van der Waals surface area contributed by atoms with Crippen LogP contribution in [0.25, 0.3) is 0 Å². The second-order valence-electron chi connectivity index (χ2n) is 2.89. The first-order valence-corrected chi connectivity index (χ1v) is 4.85. The molecule has 1 aromatic heterocycles. The van der Waals surface area contributed by atoms with Gasteiger partial charge in [0, 0.05) is 18.0 Å². The Morgan fingerprint density at radius 3 is 2.71 bits per heavy atom. The van der Waals surface area contributed by atoms with Crippen LogP contribution in [0.3, 0.4) is 0 Å². The van der Waals surface area contributed by atoms with Crippen LogP contribution < -0.4 is 11.2 Å². The number of nitrogens with two attached hydrogens (primary N) is 1. The number of aromatic nitrogens is 1. The Morgan fingerprint density at radius 1 is 1.47 bits per heavy atom. The van der Waals surface area contributed by atoms with Crippen molar-refractivity contribution < 1.29 is 14.3 Å². The number of hydrazone groups is 1. The molecule has 1 heterocycles. The molecule has 17 heavy (non-hydrogen) atoms. The number of amidine groups is 1. The average Bonchev–Trinajstić information content (AvgIpc) is 2.36. The first kappa shape index (κ1) is 12.6. The summed E-state index contributed by atoms with van der Waals surface area (Å²) >= 11 is 0. The molecule has 0 bridgehead atoms. The van der Waals surface area contributed by atoms with Gasteiger partial charge in [-0.2, -0.15) is 0 Å². The number of pyridine rings is 1. The van der Waals surface area contributed by atoms with Crippen LogP contribution in [-0.4, -0.2) is 29.3 Å². The molecule has 0 fully saturated rings. The number of hydrogen-bond acceptors (Lipinski definition) is 5. The van der Waals surface area contributed by atoms with Gasteiger partial charge >= 0.3 is 5.97 Å². The lowest BCUT2D eigenvalue weighted by molar-refractivity contribution is -0.135. The Hall–Kier alpha value is -2.44. The Morgan fingerprint density at radius 2 is 2.12 bits per heavy atom. The van der Waals surface area contributed by atoms with Gasteiger partial charge in [0.2, 0.25) is 5.84 Å². The number of rotatable bonds is 3. The molecule has 0 radical (unpaired) electrons. The summed E-state index contributed by atoms with van der Waals surface area (Å²) in [5, 5.41) is 3.42. The third-order valence-electron chi connectivity index (χ3n) is 1.70. The Labute approximate surface area is 97.7 Å². The second-order valence-corrected chi connectivity index (χ2v) is 2.89. The van der Waals surface area contributed by atoms with Crippen molar-refractivity contribution in [1.29, 1.82) is 0 Å². The monoisotopic (exact) mass is 236 g/mol. The predicted octanol–water partition coefficient (Wildman–Crippen LogP) is -0.353. The highest BCUT2D eigenvalue weighted by atomic mass is 16.5. The van der Waals surface area contributed by atoms with Crippen LogP contribution in [0, 0.1) is 0 Å². The number of nitrogens with one attached hydrogen (secondary N) is 1. The van der Waals surface area contributed by atoms with Gasteiger partial charge in [-0.15, -0.1) is 5.10 Å². The number of nitrogens with zero attached hydrogens (tertiary/aromatic N) is 2. The normalized spacial score (nSPS) is 10.8. The summed E-state index contributed by atoms with van der Waals surface area (Å²) in [5.74, 6) is -1.67. The average molecular weight is 236 g/mol. The van der Waals surface area contributed by atoms with Crippen LogP contribution in [0.1, 0.15) is 17.3 Å². The number of amides is 1. The summed E-state index contributed by atoms with van der Waals surface area (Å²) < 4.78 is 4.59. The summed E-state index contributed by atoms with van der Waals surface area (Å²) in [6, 6.07) is 3.01. The van der Waals surface area contributed by atoms with Crippen molar-refractivity contribution in [2.75, 3.05) is 6.61 Å². The number of ether oxygens (including phenoxy) is 1. The number of esters is 1. The van der Waals surface area contributed by atoms with E-state index in [1.165, 1.54) is 24.5 Å². The van der Waals surface area contributed by atoms with E-state index in [0.717, 1.165) is 0 Å². The smallest absolute Gasteiger partial charge is 0.375 e. The molecule has 0 saturated heterocycles. The lowest BCUT2D eigenvalue weighted by Gasteiger charge is -2.01. The largest absolute Gasteiger partial charge is 0.460 e. The highest BCUT2D eigenvalue weighted by molar-refractivity contribution is 6.34. The first-order chi connectivity index (χ1) is 8.15. The van der Waals surface area contributed by atoms with Crippen LogP contribution in [-0.2, 0) is 9.53 Å². The highest BCUT2D eigenvalue weighted by Gasteiger charge is 2.09. The third kappa shape index (κ3) is 3.90. The van der Waals surface area contributed by atoms with Crippen molar-refractivity contribution in [3.05, 3.63) is 30.1 Å². The van der Waals surface area contributed by atoms with Crippen molar-refractivity contribution >= 4 is 17.7 Å². The first-order valence-electron chi connectivity index (χ1n) is 4.85. The molecule has 0 saturated carbocycles. The minimum atomic E-state index is -0.775. The van der Waals surface area contributed by atoms with E-state index in [1.807, 2.05) is 0 Å². The lowest BCUT2D eigenvalue weighted by Crippen LogP contribution is -2.30. The van der Waals surface area contributed by atoms with Crippen LogP contribution in [0.4, 0.5) is 0 Å². The quantitative estimate of drug-likeness (QED) is 0.323. The summed E-state index contributed by atoms with van der Waals surface area (Å²) in [4.78, 5) is 26.3. The molecule has 0 spiro atoms. The van der Waals surface area contributed by atoms with E-state index in [0.29, 0.717) is 5.56 Å². The summed E-state index contributed by atoms with van der Waals surface area (Å²) in [6.07, 6.45) is 2.93. The molecule has 1 amide bonds. The van der Waals surface area contributed by atoms with E-state index in [-0.39, 0.29) is 6.61 Å². The van der Waals surface area contributed by atoms with Gasteiger partial charge in [0.15, 0.2) is 0 Å². The zero-order valence-corrected chi connectivity index (χ0v) is 9.21. The maximum atomic E-state index is 11.5. The predicted molar refractivity (Wildman–Crippen MR) is 60.0 cm³/mol. The minimum Gasteiger partial charge on any atom is -0.460 e. The topological polar surface area (TPSA) is 107 Å². The molecule has 0 aliphatic rings. The van der Waals surface area contributed by atoms with E-state index in [1.54, 1.807) is 6.92 Å². The van der Waals surface area contributed by atoms with Crippen LogP contribution in [0.2, 0.25) is 0 Å². The van der Waals surface area contributed by atoms with Gasteiger partial charge in [-0.3, -0.25) is 9.78 Å². The summed E-state index contributed by atoms with van der Waals surface area (Å²) in [5.41, 5.74) is 7.77. The molecule has 90 valence electrons. The number of hydrogen-bond donors (Lipinski definition) is 2. The second kappa shape index (κ2) is 6.21. The molecule has 7 heteroatoms. The lowest BCUT2D eigenvalue weighted by atomic mass is 10.3. The fraction of sp³-hybridized carbons (Fsp3) is 0.200. The Bertz CT molecular complexity index is 430. The SMILES string of the molecule is CCOC(=O)/C(N)=N\NC(=O)c1ccncc1. The van der Waals surface area contributed by atoms with Gasteiger partial charge in [-0.05, 0) is 19.1 Å². The third-order valence-corrected chi connectivity index (χ3v) is 1.70. The van der Waals surface area contributed by atoms with Gasteiger partial charge in [0.25, 0.3) is 5.91 Å². The van der Waals surface area contributed by atoms with Crippen LogP contribution >= 0.6 is 0 Å². The summed E-state index contributed by atoms with van der Waals surface area (Å²) in [7, 11) is 0. The molecule has 0 aromatic carbocycles. The molecule has 0 aliphatic heterocycles. The number of carbonyl (C=O) groups is 2. The van der Waals surface area contributed by atoms with Crippen LogP contribution in [0.15, 0.2) is 29.6 Å². The molecule has 1 aromatic rings. The fourth-order valence-corrected chi connectivity index (χ4v) is 0.930. The van der Waals surface area contributed by atoms with Crippen molar-refractivity contribution in [3.8, 4) is 0 Å². The maximum Gasteiger partial charge on any atom is 0.375 e. The molecule has 7 nitrogen and oxygen atoms in total. The van der Waals surface area contributed by atoms with E-state index in [2.05, 4.69) is 20.2 Å². The molecular weight excluding hydrogens is 224 g/mol. The van der Waals surface area contributed by atoms with Gasteiger partial charge in [-0.1, -0.05) is 0 Å². The molecule has 1 rings (SSSR count). The molecule has 0 unspecified atom stereocenters. The van der Waals surface area contributed by atoms with Crippen LogP contribution in [0.5, 0.6) is 0 Å². The molecule has 0 atom stereocenters. The standard InChI is InChI=1S/C10H12N4O3/c1-2-17-10(16)8(11)13-14-9(15)7-3-5-12-6-4-7/h3-6H,2H2,1H3,(H2,11,13)(H,14,15). The van der Waals surface area contributed by atoms with E-state index >= 15 is 0 Å². The zero-order valence-electron chi connectivity index (χ0n) is 9.21. The summed E-state index contributed by atoms with van der Waals surface area (Å²) in [6.45, 7) is 1.83. The fourth-order valence-electron chi connectivity index (χ4n) is 0.930. The van der Waals surface area contributed by atoms with Crippen molar-refractivity contribution in [3.63, 3.8) is 0 Å². The van der Waals surface area contributed by atoms with E-state index in [9.17, 15) is 9.59 Å². The Kier molecular flexibility index (Phi) is 4.61. The zero-order chi connectivity index (χ0) is 12.7. The van der Waals surface area contributed by atoms with Gasteiger partial charge in [-0.25, -0.2) is 10.2 Å². The van der Waals surface area contributed by atoms with Crippen molar-refractivity contribution in [2.24, 2.45) is 10.8 Å². The van der Waals surface area contributed by atoms with Gasteiger partial charge in [0.1, 0.15) is 0 Å². The van der Waals surface area contributed by atoms with E-state index < -0.39 is 17.7 Å². The van der Waals surface area contributed by atoms with Gasteiger partial charge in [0.05, 0.1) is 6.61 Å². The minimum absolute atomic E-state index is 0.188. The highest BCUT2D eigenvalue weighted by Crippen LogP contribution is 1.95. The van der Waals surface area contributed by atoms with Crippen molar-refractivity contribution in [2.45, 2.75) is 6.92 Å². The van der Waals surface area contributed by atoms with Gasteiger partial charge < -0.3 is 10.5 Å². The van der Waals surface area contributed by atoms with E-state index in [4.69, 9.17) is 5.73 Å². The molecular formula is C10H12N4O3. The van der Waals surface area contributed by atoms with Crippen molar-refractivity contribution in [1.82, 2.24) is 10.4 Å². The molecule has 3 N–H and O–H groups in total. The molecule has 0 aliphatic carbocycles. The number of carbonyl (C=O) groups excluding carboxylic acids is 2. The Balaban J connectivity index is 2.59.